The quantitative estimate of drug-likeness (QED) is 0.454. The van der Waals surface area contributed by atoms with Crippen molar-refractivity contribution in [3.63, 3.8) is 0 Å². The van der Waals surface area contributed by atoms with E-state index in [-0.39, 0.29) is 31.3 Å². The molecule has 0 bridgehead atoms. The van der Waals surface area contributed by atoms with Crippen molar-refractivity contribution in [3.8, 4) is 0 Å². The summed E-state index contributed by atoms with van der Waals surface area (Å²) in [5, 5.41) is 2.77. The zero-order valence-corrected chi connectivity index (χ0v) is 22.9. The van der Waals surface area contributed by atoms with E-state index in [1.165, 1.54) is 10.6 Å². The summed E-state index contributed by atoms with van der Waals surface area (Å²) in [6, 6.07) is 12.6. The van der Waals surface area contributed by atoms with E-state index in [9.17, 15) is 18.0 Å². The van der Waals surface area contributed by atoms with Crippen LogP contribution in [0.1, 0.15) is 43.4 Å². The molecule has 7 nitrogen and oxygen atoms in total. The highest BCUT2D eigenvalue weighted by Gasteiger charge is 2.26. The minimum Gasteiger partial charge on any atom is -0.355 e. The topological polar surface area (TPSA) is 86.8 Å². The Bertz CT molecular complexity index is 1100. The maximum atomic E-state index is 13.2. The second-order valence-corrected chi connectivity index (χ2v) is 11.3. The molecule has 186 valence electrons. The van der Waals surface area contributed by atoms with Crippen LogP contribution in [-0.4, -0.2) is 50.5 Å². The molecule has 0 unspecified atom stereocenters. The van der Waals surface area contributed by atoms with E-state index in [0.717, 1.165) is 21.2 Å². The summed E-state index contributed by atoms with van der Waals surface area (Å²) in [5.74, 6) is -0.425. The number of carbonyl (C=O) groups is 2. The summed E-state index contributed by atoms with van der Waals surface area (Å²) < 4.78 is 27.2. The van der Waals surface area contributed by atoms with Crippen LogP contribution in [0.3, 0.4) is 0 Å². The molecule has 0 spiro atoms. The third-order valence-electron chi connectivity index (χ3n) is 5.41. The number of amides is 2. The fraction of sp³-hybridized carbons (Fsp3) is 0.440. The monoisotopic (exact) mass is 551 g/mol. The van der Waals surface area contributed by atoms with Gasteiger partial charge in [-0.2, -0.15) is 0 Å². The number of rotatable bonds is 11. The van der Waals surface area contributed by atoms with Crippen LogP contribution in [-0.2, 0) is 26.2 Å². The lowest BCUT2D eigenvalue weighted by Gasteiger charge is -2.29. The summed E-state index contributed by atoms with van der Waals surface area (Å²) >= 11 is 3.44. The molecule has 0 fully saturated rings. The summed E-state index contributed by atoms with van der Waals surface area (Å²) in [4.78, 5) is 27.3. The largest absolute Gasteiger partial charge is 0.355 e. The van der Waals surface area contributed by atoms with Crippen LogP contribution >= 0.6 is 15.9 Å². The lowest BCUT2D eigenvalue weighted by Crippen LogP contribution is -2.47. The SMILES string of the molecule is CCNC(=O)[C@H](C)N(Cc1cccc(Br)c1)C(=O)CCCN(c1cc(C)cc(C)c1)S(C)(=O)=O. The van der Waals surface area contributed by atoms with Gasteiger partial charge >= 0.3 is 0 Å². The Labute approximate surface area is 211 Å². The van der Waals surface area contributed by atoms with E-state index in [1.54, 1.807) is 11.8 Å². The minimum absolute atomic E-state index is 0.120. The Kier molecular flexibility index (Phi) is 10.1. The third kappa shape index (κ3) is 8.13. The van der Waals surface area contributed by atoms with Gasteiger partial charge in [-0.1, -0.05) is 34.1 Å². The van der Waals surface area contributed by atoms with E-state index in [1.807, 2.05) is 63.2 Å². The molecule has 0 aliphatic carbocycles. The predicted octanol–water partition coefficient (Wildman–Crippen LogP) is 4.17. The van der Waals surface area contributed by atoms with E-state index < -0.39 is 16.1 Å². The van der Waals surface area contributed by atoms with Gasteiger partial charge in [0.05, 0.1) is 11.9 Å². The number of hydrogen-bond donors (Lipinski definition) is 1. The zero-order valence-electron chi connectivity index (χ0n) is 20.5. The molecule has 0 aliphatic rings. The maximum Gasteiger partial charge on any atom is 0.242 e. The van der Waals surface area contributed by atoms with Crippen molar-refractivity contribution in [2.45, 2.75) is 53.1 Å². The van der Waals surface area contributed by atoms with E-state index in [2.05, 4.69) is 21.2 Å². The summed E-state index contributed by atoms with van der Waals surface area (Å²) in [6.45, 7) is 8.31. The molecule has 2 amide bonds. The van der Waals surface area contributed by atoms with Crippen LogP contribution in [0.2, 0.25) is 0 Å². The Morgan fingerprint density at radius 3 is 2.29 bits per heavy atom. The summed E-state index contributed by atoms with van der Waals surface area (Å²) in [7, 11) is -3.52. The lowest BCUT2D eigenvalue weighted by molar-refractivity contribution is -0.140. The summed E-state index contributed by atoms with van der Waals surface area (Å²) in [5.41, 5.74) is 3.42. The standard InChI is InChI=1S/C25H34BrN3O4S/c1-6-27-25(31)20(4)28(17-21-9-7-10-22(26)16-21)24(30)11-8-12-29(34(5,32)33)23-14-18(2)13-19(3)15-23/h7,9-10,13-16,20H,6,8,11-12,17H2,1-5H3,(H,27,31)/t20-/m0/s1. The van der Waals surface area contributed by atoms with Crippen LogP contribution in [0.4, 0.5) is 5.69 Å². The van der Waals surface area contributed by atoms with Gasteiger partial charge in [0, 0.05) is 30.5 Å². The lowest BCUT2D eigenvalue weighted by atomic mass is 10.1. The number of halogens is 1. The molecule has 0 aliphatic heterocycles. The Morgan fingerprint density at radius 2 is 1.74 bits per heavy atom. The highest BCUT2D eigenvalue weighted by molar-refractivity contribution is 9.10. The predicted molar refractivity (Wildman–Crippen MR) is 140 cm³/mol. The first-order valence-corrected chi connectivity index (χ1v) is 13.9. The smallest absolute Gasteiger partial charge is 0.242 e. The number of aryl methyl sites for hydroxylation is 2. The number of likely N-dealkylation sites (N-methyl/N-ethyl adjacent to an activating group) is 1. The molecule has 0 radical (unpaired) electrons. The molecule has 2 aromatic carbocycles. The third-order valence-corrected chi connectivity index (χ3v) is 7.09. The number of nitrogens with zero attached hydrogens (tertiary/aromatic N) is 2. The molecule has 0 saturated heterocycles. The number of sulfonamides is 1. The first-order valence-electron chi connectivity index (χ1n) is 11.3. The van der Waals surface area contributed by atoms with Crippen LogP contribution in [0.25, 0.3) is 0 Å². The molecule has 0 heterocycles. The highest BCUT2D eigenvalue weighted by atomic mass is 79.9. The Hall–Kier alpha value is -2.39. The van der Waals surface area contributed by atoms with Crippen molar-refractivity contribution >= 4 is 43.5 Å². The normalized spacial score (nSPS) is 12.2. The second kappa shape index (κ2) is 12.4. The molecular weight excluding hydrogens is 518 g/mol. The highest BCUT2D eigenvalue weighted by Crippen LogP contribution is 2.22. The fourth-order valence-electron chi connectivity index (χ4n) is 3.84. The molecule has 0 aromatic heterocycles. The zero-order chi connectivity index (χ0) is 25.5. The number of hydrogen-bond acceptors (Lipinski definition) is 4. The number of nitrogens with one attached hydrogen (secondary N) is 1. The average Bonchev–Trinajstić information content (AvgIpc) is 2.73. The summed E-state index contributed by atoms with van der Waals surface area (Å²) in [6.07, 6.45) is 1.62. The van der Waals surface area contributed by atoms with Crippen LogP contribution < -0.4 is 9.62 Å². The van der Waals surface area contributed by atoms with Crippen LogP contribution in [0, 0.1) is 13.8 Å². The Balaban J connectivity index is 2.18. The number of benzene rings is 2. The molecule has 2 aromatic rings. The van der Waals surface area contributed by atoms with Crippen LogP contribution in [0.5, 0.6) is 0 Å². The van der Waals surface area contributed by atoms with E-state index >= 15 is 0 Å². The first kappa shape index (κ1) is 27.9. The van der Waals surface area contributed by atoms with Crippen molar-refractivity contribution in [1.29, 1.82) is 0 Å². The second-order valence-electron chi connectivity index (χ2n) is 8.51. The number of anilines is 1. The molecule has 9 heteroatoms. The average molecular weight is 553 g/mol. The number of carbonyl (C=O) groups excluding carboxylic acids is 2. The van der Waals surface area contributed by atoms with Crippen LogP contribution in [0.15, 0.2) is 46.9 Å². The molecule has 2 rings (SSSR count). The van der Waals surface area contributed by atoms with Gasteiger partial charge in [0.1, 0.15) is 6.04 Å². The van der Waals surface area contributed by atoms with Gasteiger partial charge in [-0.25, -0.2) is 8.42 Å². The van der Waals surface area contributed by atoms with Gasteiger partial charge in [0.2, 0.25) is 21.8 Å². The van der Waals surface area contributed by atoms with Crippen molar-refractivity contribution in [2.75, 3.05) is 23.7 Å². The van der Waals surface area contributed by atoms with Gasteiger partial charge in [-0.3, -0.25) is 13.9 Å². The molecule has 1 N–H and O–H groups in total. The van der Waals surface area contributed by atoms with Crippen molar-refractivity contribution in [3.05, 3.63) is 63.6 Å². The van der Waals surface area contributed by atoms with Gasteiger partial charge in [0.15, 0.2) is 0 Å². The van der Waals surface area contributed by atoms with Crippen molar-refractivity contribution in [2.24, 2.45) is 0 Å². The van der Waals surface area contributed by atoms with Gasteiger partial charge in [0.25, 0.3) is 0 Å². The van der Waals surface area contributed by atoms with Crippen molar-refractivity contribution < 1.29 is 18.0 Å². The van der Waals surface area contributed by atoms with Crippen molar-refractivity contribution in [1.82, 2.24) is 10.2 Å². The van der Waals surface area contributed by atoms with Gasteiger partial charge in [-0.15, -0.1) is 0 Å². The fourth-order valence-corrected chi connectivity index (χ4v) is 5.23. The molecule has 1 atom stereocenters. The van der Waals surface area contributed by atoms with Gasteiger partial charge < -0.3 is 10.2 Å². The Morgan fingerprint density at radius 1 is 1.09 bits per heavy atom. The maximum absolute atomic E-state index is 13.2. The molecular formula is C25H34BrN3O4S. The first-order chi connectivity index (χ1) is 15.9. The molecule has 0 saturated carbocycles. The van der Waals surface area contributed by atoms with Gasteiger partial charge in [-0.05, 0) is 75.1 Å². The van der Waals surface area contributed by atoms with E-state index in [4.69, 9.17) is 0 Å². The molecule has 34 heavy (non-hydrogen) atoms. The minimum atomic E-state index is -3.52. The van der Waals surface area contributed by atoms with E-state index in [0.29, 0.717) is 18.7 Å².